The highest BCUT2D eigenvalue weighted by Gasteiger charge is 2.28. The highest BCUT2D eigenvalue weighted by atomic mass is 32.2. The first-order valence-corrected chi connectivity index (χ1v) is 11.9. The Bertz CT molecular complexity index is 846. The van der Waals surface area contributed by atoms with E-state index in [4.69, 9.17) is 12.2 Å². The molecule has 1 atom stereocenters. The fraction of sp³-hybridized carbons (Fsp3) is 0.458. The van der Waals surface area contributed by atoms with Crippen molar-refractivity contribution >= 4 is 40.3 Å². The number of benzene rings is 2. The Morgan fingerprint density at radius 2 is 1.72 bits per heavy atom. The maximum absolute atomic E-state index is 5.69. The van der Waals surface area contributed by atoms with Crippen LogP contribution in [0.5, 0.6) is 0 Å². The molecule has 0 saturated heterocycles. The van der Waals surface area contributed by atoms with E-state index >= 15 is 0 Å². The minimum Gasteiger partial charge on any atom is -0.376 e. The molecule has 156 valence electrons. The van der Waals surface area contributed by atoms with E-state index in [0.29, 0.717) is 12.0 Å². The molecule has 2 aromatic rings. The van der Waals surface area contributed by atoms with E-state index in [-0.39, 0.29) is 0 Å². The predicted molar refractivity (Wildman–Crippen MR) is 131 cm³/mol. The van der Waals surface area contributed by atoms with Crippen LogP contribution < -0.4 is 10.2 Å². The molecule has 3 rings (SSSR count). The zero-order valence-corrected chi connectivity index (χ0v) is 19.9. The van der Waals surface area contributed by atoms with E-state index in [1.807, 2.05) is 11.8 Å². The molecule has 1 N–H and O–H groups in total. The van der Waals surface area contributed by atoms with E-state index in [0.717, 1.165) is 36.7 Å². The monoisotopic (exact) mass is 427 g/mol. The molecule has 29 heavy (non-hydrogen) atoms. The third-order valence-corrected chi connectivity index (χ3v) is 6.86. The molecule has 0 amide bonds. The first-order chi connectivity index (χ1) is 13.9. The Morgan fingerprint density at radius 1 is 1.03 bits per heavy atom. The van der Waals surface area contributed by atoms with Crippen LogP contribution in [0.1, 0.15) is 40.2 Å². The van der Waals surface area contributed by atoms with Crippen LogP contribution in [0.25, 0.3) is 0 Å². The summed E-state index contributed by atoms with van der Waals surface area (Å²) < 4.78 is 0. The minimum absolute atomic E-state index is 0.364. The van der Waals surface area contributed by atoms with E-state index in [9.17, 15) is 0 Å². The quantitative estimate of drug-likeness (QED) is 0.524. The van der Waals surface area contributed by atoms with Crippen LogP contribution in [0.3, 0.4) is 0 Å². The number of rotatable bonds is 8. The van der Waals surface area contributed by atoms with E-state index < -0.39 is 0 Å². The van der Waals surface area contributed by atoms with Crippen molar-refractivity contribution in [1.29, 1.82) is 0 Å². The van der Waals surface area contributed by atoms with Gasteiger partial charge >= 0.3 is 0 Å². The predicted octanol–water partition coefficient (Wildman–Crippen LogP) is 5.94. The molecule has 0 bridgehead atoms. The zero-order valence-electron chi connectivity index (χ0n) is 18.2. The molecule has 0 unspecified atom stereocenters. The molecule has 0 fully saturated rings. The maximum Gasteiger partial charge on any atom is 0.106 e. The van der Waals surface area contributed by atoms with E-state index in [1.165, 1.54) is 21.2 Å². The highest BCUT2D eigenvalue weighted by molar-refractivity contribution is 7.99. The average molecular weight is 428 g/mol. The van der Waals surface area contributed by atoms with Crippen LogP contribution in [0, 0.1) is 5.92 Å². The number of fused-ring (bicyclic) bond motifs is 2. The van der Waals surface area contributed by atoms with E-state index in [1.54, 1.807) is 0 Å². The first-order valence-electron chi connectivity index (χ1n) is 10.6. The van der Waals surface area contributed by atoms with Crippen molar-refractivity contribution in [2.75, 3.05) is 31.1 Å². The average Bonchev–Trinajstić information content (AvgIpc) is 2.73. The van der Waals surface area contributed by atoms with Crippen LogP contribution in [0.4, 0.5) is 11.4 Å². The van der Waals surface area contributed by atoms with Crippen molar-refractivity contribution in [3.05, 3.63) is 48.0 Å². The van der Waals surface area contributed by atoms with Gasteiger partial charge in [-0.3, -0.25) is 0 Å². The van der Waals surface area contributed by atoms with Gasteiger partial charge in [0, 0.05) is 34.5 Å². The molecular formula is C24H33N3S2. The number of hydrogen-bond acceptors (Lipinski definition) is 4. The molecule has 1 heterocycles. The summed E-state index contributed by atoms with van der Waals surface area (Å²) in [5.74, 6) is 0.568. The summed E-state index contributed by atoms with van der Waals surface area (Å²) in [4.78, 5) is 8.45. The van der Waals surface area contributed by atoms with Crippen LogP contribution in [-0.2, 0) is 0 Å². The molecule has 0 aliphatic carbocycles. The number of hydrogen-bond donors (Lipinski definition) is 1. The lowest BCUT2D eigenvalue weighted by Gasteiger charge is -2.39. The van der Waals surface area contributed by atoms with Gasteiger partial charge in [0.05, 0.1) is 11.4 Å². The Morgan fingerprint density at radius 3 is 2.41 bits per heavy atom. The van der Waals surface area contributed by atoms with Crippen LogP contribution in [0.2, 0.25) is 0 Å². The summed E-state index contributed by atoms with van der Waals surface area (Å²) in [6, 6.07) is 15.8. The van der Waals surface area contributed by atoms with Gasteiger partial charge in [-0.25, -0.2) is 0 Å². The highest BCUT2D eigenvalue weighted by Crippen LogP contribution is 2.49. The van der Waals surface area contributed by atoms with Gasteiger partial charge in [-0.1, -0.05) is 69.9 Å². The largest absolute Gasteiger partial charge is 0.376 e. The number of nitrogens with one attached hydrogen (secondary N) is 1. The van der Waals surface area contributed by atoms with Gasteiger partial charge in [-0.05, 0) is 50.2 Å². The molecule has 0 spiro atoms. The smallest absolute Gasteiger partial charge is 0.106 e. The molecule has 0 aromatic heterocycles. The van der Waals surface area contributed by atoms with Gasteiger partial charge in [0.1, 0.15) is 4.99 Å². The Balaban J connectivity index is 1.97. The van der Waals surface area contributed by atoms with E-state index in [2.05, 4.69) is 92.2 Å². The van der Waals surface area contributed by atoms with Gasteiger partial charge in [0.2, 0.25) is 0 Å². The summed E-state index contributed by atoms with van der Waals surface area (Å²) in [6.45, 7) is 15.3. The lowest BCUT2D eigenvalue weighted by atomic mass is 10.1. The van der Waals surface area contributed by atoms with Crippen molar-refractivity contribution in [3.63, 3.8) is 0 Å². The second-order valence-electron chi connectivity index (χ2n) is 8.06. The third kappa shape index (κ3) is 5.14. The van der Waals surface area contributed by atoms with Gasteiger partial charge in [-0.15, -0.1) is 0 Å². The Kier molecular flexibility index (Phi) is 7.60. The second kappa shape index (κ2) is 9.96. The molecule has 1 aliphatic rings. The molecule has 5 heteroatoms. The second-order valence-corrected chi connectivity index (χ2v) is 9.55. The fourth-order valence-corrected chi connectivity index (χ4v) is 5.00. The normalized spacial score (nSPS) is 14.0. The lowest BCUT2D eigenvalue weighted by molar-refractivity contribution is 0.288. The molecular weight excluding hydrogens is 394 g/mol. The van der Waals surface area contributed by atoms with Crippen LogP contribution >= 0.6 is 24.0 Å². The molecule has 1 aliphatic heterocycles. The number of anilines is 2. The lowest BCUT2D eigenvalue weighted by Crippen LogP contribution is -2.41. The summed E-state index contributed by atoms with van der Waals surface area (Å²) in [6.07, 6.45) is 0. The Hall–Kier alpha value is -1.56. The van der Waals surface area contributed by atoms with Gasteiger partial charge < -0.3 is 15.1 Å². The standard InChI is InChI=1S/C24H33N3S2/c1-6-26(7-2)16-18(5)27-20-10-8-9-11-22(20)29-23-13-12-19(14-21(23)27)24(28)25-15-17(3)4/h8-14,17-18H,6-7,15-16H2,1-5H3,(H,25,28)/t18-/m1/s1. The molecule has 0 radical (unpaired) electrons. The topological polar surface area (TPSA) is 18.5 Å². The summed E-state index contributed by atoms with van der Waals surface area (Å²) in [5, 5.41) is 3.42. The minimum atomic E-state index is 0.364. The number of thiocarbonyl (C=S) groups is 1. The summed E-state index contributed by atoms with van der Waals surface area (Å²) in [5.41, 5.74) is 3.65. The van der Waals surface area contributed by atoms with Crippen LogP contribution in [-0.4, -0.2) is 42.1 Å². The van der Waals surface area contributed by atoms with Crippen molar-refractivity contribution < 1.29 is 0 Å². The maximum atomic E-state index is 5.69. The van der Waals surface area contributed by atoms with Gasteiger partial charge in [0.15, 0.2) is 0 Å². The van der Waals surface area contributed by atoms with Gasteiger partial charge in [0.25, 0.3) is 0 Å². The van der Waals surface area contributed by atoms with Gasteiger partial charge in [-0.2, -0.15) is 0 Å². The molecule has 2 aromatic carbocycles. The fourth-order valence-electron chi connectivity index (χ4n) is 3.73. The van der Waals surface area contributed by atoms with Crippen molar-refractivity contribution in [2.45, 2.75) is 50.5 Å². The third-order valence-electron chi connectivity index (χ3n) is 5.35. The Labute approximate surface area is 185 Å². The SMILES string of the molecule is CCN(CC)C[C@@H](C)N1c2ccccc2Sc2ccc(C(=S)NCC(C)C)cc21. The number of para-hydroxylation sites is 1. The van der Waals surface area contributed by atoms with Crippen molar-refractivity contribution in [2.24, 2.45) is 5.92 Å². The number of likely N-dealkylation sites (N-methyl/N-ethyl adjacent to an activating group) is 1. The van der Waals surface area contributed by atoms with Crippen molar-refractivity contribution in [1.82, 2.24) is 10.2 Å². The molecule has 0 saturated carbocycles. The zero-order chi connectivity index (χ0) is 21.0. The summed E-state index contributed by atoms with van der Waals surface area (Å²) in [7, 11) is 0. The number of nitrogens with zero attached hydrogens (tertiary/aromatic N) is 2. The van der Waals surface area contributed by atoms with Crippen LogP contribution in [0.15, 0.2) is 52.3 Å². The first kappa shape index (κ1) is 22.1. The van der Waals surface area contributed by atoms with Crippen molar-refractivity contribution in [3.8, 4) is 0 Å². The molecule has 3 nitrogen and oxygen atoms in total. The summed E-state index contributed by atoms with van der Waals surface area (Å²) >= 11 is 7.54.